The van der Waals surface area contributed by atoms with Gasteiger partial charge in [0.05, 0.1) is 10.6 Å². The molecule has 1 N–H and O–H groups in total. The van der Waals surface area contributed by atoms with Crippen LogP contribution in [0.4, 0.5) is 11.4 Å². The van der Waals surface area contributed by atoms with Gasteiger partial charge in [-0.05, 0) is 24.6 Å². The normalized spacial score (nSPS) is 10.9. The molecule has 0 amide bonds. The molecular weight excluding hydrogens is 280 g/mol. The fourth-order valence-electron chi connectivity index (χ4n) is 1.69. The van der Waals surface area contributed by atoms with Gasteiger partial charge in [-0.2, -0.15) is 0 Å². The van der Waals surface area contributed by atoms with Crippen molar-refractivity contribution in [3.8, 4) is 5.75 Å². The van der Waals surface area contributed by atoms with E-state index in [9.17, 15) is 15.2 Å². The second kappa shape index (κ2) is 5.71. The molecule has 0 heterocycles. The van der Waals surface area contributed by atoms with E-state index in [0.717, 1.165) is 17.3 Å². The molecule has 5 nitrogen and oxygen atoms in total. The van der Waals surface area contributed by atoms with E-state index in [4.69, 9.17) is 11.6 Å². The van der Waals surface area contributed by atoms with Gasteiger partial charge in [-0.25, -0.2) is 0 Å². The number of nitro groups is 1. The van der Waals surface area contributed by atoms with Crippen molar-refractivity contribution in [1.82, 2.24) is 0 Å². The Labute approximate surface area is 120 Å². The summed E-state index contributed by atoms with van der Waals surface area (Å²) in [4.78, 5) is 14.3. The van der Waals surface area contributed by atoms with Gasteiger partial charge in [-0.1, -0.05) is 29.8 Å². The Morgan fingerprint density at radius 3 is 2.70 bits per heavy atom. The zero-order valence-corrected chi connectivity index (χ0v) is 11.3. The molecule has 0 radical (unpaired) electrons. The maximum absolute atomic E-state index is 10.8. The van der Waals surface area contributed by atoms with Gasteiger partial charge in [0.2, 0.25) is 5.75 Å². The van der Waals surface area contributed by atoms with Crippen molar-refractivity contribution in [2.45, 2.75) is 6.92 Å². The summed E-state index contributed by atoms with van der Waals surface area (Å²) in [5.41, 5.74) is 1.44. The molecule has 2 aromatic rings. The molecule has 0 fully saturated rings. The molecule has 0 aliphatic rings. The molecule has 0 saturated heterocycles. The SMILES string of the molecule is Cc1ccccc1N=Cc1cc(Cl)cc([N+](=O)[O-])c1O. The van der Waals surface area contributed by atoms with Gasteiger partial charge in [0.15, 0.2) is 0 Å². The lowest BCUT2D eigenvalue weighted by Crippen LogP contribution is -1.92. The van der Waals surface area contributed by atoms with Gasteiger partial charge in [0, 0.05) is 22.9 Å². The van der Waals surface area contributed by atoms with Gasteiger partial charge in [-0.15, -0.1) is 0 Å². The predicted octanol–water partition coefficient (Wildman–Crippen LogP) is 4.01. The number of halogens is 1. The minimum Gasteiger partial charge on any atom is -0.502 e. The van der Waals surface area contributed by atoms with Gasteiger partial charge in [-0.3, -0.25) is 15.1 Å². The van der Waals surface area contributed by atoms with Crippen LogP contribution < -0.4 is 0 Å². The van der Waals surface area contributed by atoms with E-state index in [1.165, 1.54) is 12.3 Å². The average Bonchev–Trinajstić information content (AvgIpc) is 2.40. The van der Waals surface area contributed by atoms with Crippen LogP contribution in [0.5, 0.6) is 5.75 Å². The first-order valence-corrected chi connectivity index (χ1v) is 6.13. The molecule has 0 bridgehead atoms. The van der Waals surface area contributed by atoms with Crippen molar-refractivity contribution >= 4 is 29.2 Å². The Morgan fingerprint density at radius 2 is 2.05 bits per heavy atom. The number of hydrogen-bond donors (Lipinski definition) is 1. The Bertz CT molecular complexity index is 699. The second-order valence-corrected chi connectivity index (χ2v) is 4.60. The smallest absolute Gasteiger partial charge is 0.312 e. The minimum absolute atomic E-state index is 0.167. The van der Waals surface area contributed by atoms with E-state index >= 15 is 0 Å². The summed E-state index contributed by atoms with van der Waals surface area (Å²) in [6.45, 7) is 1.90. The quantitative estimate of drug-likeness (QED) is 0.527. The highest BCUT2D eigenvalue weighted by molar-refractivity contribution is 6.31. The van der Waals surface area contributed by atoms with E-state index in [0.29, 0.717) is 0 Å². The summed E-state index contributed by atoms with van der Waals surface area (Å²) < 4.78 is 0. The Hall–Kier alpha value is -2.40. The third-order valence-corrected chi connectivity index (χ3v) is 2.96. The number of benzene rings is 2. The summed E-state index contributed by atoms with van der Waals surface area (Å²) in [5.74, 6) is -0.447. The number of aromatic hydroxyl groups is 1. The van der Waals surface area contributed by atoms with Crippen LogP contribution in [0.15, 0.2) is 41.4 Å². The van der Waals surface area contributed by atoms with Crippen molar-refractivity contribution in [1.29, 1.82) is 0 Å². The number of aryl methyl sites for hydroxylation is 1. The highest BCUT2D eigenvalue weighted by atomic mass is 35.5. The van der Waals surface area contributed by atoms with Crippen LogP contribution in [0.3, 0.4) is 0 Å². The minimum atomic E-state index is -0.688. The molecule has 20 heavy (non-hydrogen) atoms. The number of hydrogen-bond acceptors (Lipinski definition) is 4. The van der Waals surface area contributed by atoms with Crippen molar-refractivity contribution in [2.24, 2.45) is 4.99 Å². The van der Waals surface area contributed by atoms with Crippen molar-refractivity contribution in [3.05, 3.63) is 62.7 Å². The van der Waals surface area contributed by atoms with Gasteiger partial charge >= 0.3 is 5.69 Å². The Morgan fingerprint density at radius 1 is 1.35 bits per heavy atom. The number of phenolic OH excluding ortho intramolecular Hbond substituents is 1. The van der Waals surface area contributed by atoms with E-state index in [1.807, 2.05) is 31.2 Å². The lowest BCUT2D eigenvalue weighted by molar-refractivity contribution is -0.385. The maximum atomic E-state index is 10.8. The van der Waals surface area contributed by atoms with E-state index in [-0.39, 0.29) is 10.6 Å². The second-order valence-electron chi connectivity index (χ2n) is 4.16. The number of nitrogens with zero attached hydrogens (tertiary/aromatic N) is 2. The summed E-state index contributed by atoms with van der Waals surface area (Å²) in [6, 6.07) is 9.94. The molecular formula is C14H11ClN2O3. The zero-order chi connectivity index (χ0) is 14.7. The van der Waals surface area contributed by atoms with Gasteiger partial charge < -0.3 is 5.11 Å². The molecule has 0 aromatic heterocycles. The monoisotopic (exact) mass is 290 g/mol. The van der Waals surface area contributed by atoms with Gasteiger partial charge in [0.1, 0.15) is 0 Å². The van der Waals surface area contributed by atoms with Crippen LogP contribution in [-0.2, 0) is 0 Å². The van der Waals surface area contributed by atoms with Crippen LogP contribution in [0.25, 0.3) is 0 Å². The molecule has 102 valence electrons. The summed E-state index contributed by atoms with van der Waals surface area (Å²) in [5, 5.41) is 20.8. The molecule has 0 aliphatic heterocycles. The standard InChI is InChI=1S/C14H11ClN2O3/c1-9-4-2-3-5-12(9)16-8-10-6-11(15)7-13(14(10)18)17(19)20/h2-8,18H,1H3. The third kappa shape index (κ3) is 2.95. The first kappa shape index (κ1) is 14.0. The molecule has 2 aromatic carbocycles. The highest BCUT2D eigenvalue weighted by Gasteiger charge is 2.17. The third-order valence-electron chi connectivity index (χ3n) is 2.74. The fraction of sp³-hybridized carbons (Fsp3) is 0.0714. The molecule has 2 rings (SSSR count). The summed E-state index contributed by atoms with van der Waals surface area (Å²) >= 11 is 5.80. The summed E-state index contributed by atoms with van der Waals surface area (Å²) in [6.07, 6.45) is 1.36. The molecule has 0 saturated carbocycles. The number of rotatable bonds is 3. The topological polar surface area (TPSA) is 75.7 Å². The van der Waals surface area contributed by atoms with Crippen LogP contribution in [0, 0.1) is 17.0 Å². The van der Waals surface area contributed by atoms with Gasteiger partial charge in [0.25, 0.3) is 0 Å². The van der Waals surface area contributed by atoms with E-state index < -0.39 is 16.4 Å². The number of aliphatic imine (C=N–C) groups is 1. The zero-order valence-electron chi connectivity index (χ0n) is 10.6. The highest BCUT2D eigenvalue weighted by Crippen LogP contribution is 2.32. The lowest BCUT2D eigenvalue weighted by atomic mass is 10.1. The number of phenols is 1. The average molecular weight is 291 g/mol. The molecule has 6 heteroatoms. The maximum Gasteiger partial charge on any atom is 0.312 e. The van der Waals surface area contributed by atoms with Crippen LogP contribution in [0.2, 0.25) is 5.02 Å². The van der Waals surface area contributed by atoms with Crippen molar-refractivity contribution in [2.75, 3.05) is 0 Å². The van der Waals surface area contributed by atoms with E-state index in [1.54, 1.807) is 0 Å². The summed E-state index contributed by atoms with van der Waals surface area (Å²) in [7, 11) is 0. The molecule has 0 atom stereocenters. The largest absolute Gasteiger partial charge is 0.502 e. The van der Waals surface area contributed by atoms with Crippen LogP contribution in [-0.4, -0.2) is 16.2 Å². The molecule has 0 spiro atoms. The number of nitro benzene ring substituents is 1. The van der Waals surface area contributed by atoms with Crippen LogP contribution >= 0.6 is 11.6 Å². The Balaban J connectivity index is 2.44. The fourth-order valence-corrected chi connectivity index (χ4v) is 1.91. The molecule has 0 aliphatic carbocycles. The van der Waals surface area contributed by atoms with Crippen molar-refractivity contribution in [3.63, 3.8) is 0 Å². The van der Waals surface area contributed by atoms with E-state index in [2.05, 4.69) is 4.99 Å². The first-order chi connectivity index (χ1) is 9.49. The predicted molar refractivity (Wildman–Crippen MR) is 78.2 cm³/mol. The Kier molecular flexibility index (Phi) is 4.00. The van der Waals surface area contributed by atoms with Crippen LogP contribution in [0.1, 0.15) is 11.1 Å². The first-order valence-electron chi connectivity index (χ1n) is 5.75. The molecule has 0 unspecified atom stereocenters. The van der Waals surface area contributed by atoms with Crippen molar-refractivity contribution < 1.29 is 10.0 Å². The number of para-hydroxylation sites is 1. The lowest BCUT2D eigenvalue weighted by Gasteiger charge is -2.02.